The number of hydrogen-bond donors (Lipinski definition) is 1. The molecular formula is C10H16F3NO2. The van der Waals surface area contributed by atoms with E-state index in [0.717, 1.165) is 6.92 Å². The second-order valence-corrected chi connectivity index (χ2v) is 4.38. The van der Waals surface area contributed by atoms with Gasteiger partial charge in [0.25, 0.3) is 0 Å². The molecule has 1 atom stereocenters. The SMILES string of the molecule is CC(N)(C(=O)CC1CCOCC1)C(F)(F)F. The lowest BCUT2D eigenvalue weighted by Crippen LogP contribution is -2.57. The second-order valence-electron chi connectivity index (χ2n) is 4.38. The van der Waals surface area contributed by atoms with Gasteiger partial charge in [-0.2, -0.15) is 13.2 Å². The lowest BCUT2D eigenvalue weighted by molar-refractivity contribution is -0.186. The molecule has 1 rings (SSSR count). The first-order valence-corrected chi connectivity index (χ1v) is 5.22. The third kappa shape index (κ3) is 2.95. The van der Waals surface area contributed by atoms with Gasteiger partial charge in [0.1, 0.15) is 0 Å². The predicted molar refractivity (Wildman–Crippen MR) is 51.8 cm³/mol. The molecule has 1 aliphatic rings. The van der Waals surface area contributed by atoms with Crippen LogP contribution >= 0.6 is 0 Å². The van der Waals surface area contributed by atoms with Crippen molar-refractivity contribution >= 4 is 5.78 Å². The Morgan fingerprint density at radius 1 is 1.38 bits per heavy atom. The van der Waals surface area contributed by atoms with Gasteiger partial charge in [-0.3, -0.25) is 4.79 Å². The zero-order valence-corrected chi connectivity index (χ0v) is 9.14. The van der Waals surface area contributed by atoms with Gasteiger partial charge in [-0.1, -0.05) is 0 Å². The minimum atomic E-state index is -4.69. The molecule has 1 unspecified atom stereocenters. The highest BCUT2D eigenvalue weighted by Gasteiger charge is 2.53. The largest absolute Gasteiger partial charge is 0.413 e. The summed E-state index contributed by atoms with van der Waals surface area (Å²) >= 11 is 0. The fraction of sp³-hybridized carbons (Fsp3) is 0.900. The molecule has 3 nitrogen and oxygen atoms in total. The van der Waals surface area contributed by atoms with Crippen molar-refractivity contribution in [2.45, 2.75) is 37.9 Å². The summed E-state index contributed by atoms with van der Waals surface area (Å²) in [5, 5.41) is 0. The van der Waals surface area contributed by atoms with Crippen molar-refractivity contribution in [3.05, 3.63) is 0 Å². The Bertz CT molecular complexity index is 257. The lowest BCUT2D eigenvalue weighted by Gasteiger charge is -2.29. The van der Waals surface area contributed by atoms with Crippen molar-refractivity contribution in [2.75, 3.05) is 13.2 Å². The van der Waals surface area contributed by atoms with E-state index in [1.807, 2.05) is 0 Å². The normalized spacial score (nSPS) is 22.8. The van der Waals surface area contributed by atoms with Gasteiger partial charge in [-0.05, 0) is 25.7 Å². The molecule has 0 saturated carbocycles. The van der Waals surface area contributed by atoms with Crippen LogP contribution in [0.1, 0.15) is 26.2 Å². The molecule has 0 aliphatic carbocycles. The van der Waals surface area contributed by atoms with Crippen LogP contribution in [0.2, 0.25) is 0 Å². The Morgan fingerprint density at radius 2 is 1.88 bits per heavy atom. The van der Waals surface area contributed by atoms with Crippen LogP contribution in [-0.2, 0) is 9.53 Å². The number of rotatable bonds is 3. The molecule has 1 fully saturated rings. The first-order valence-electron chi connectivity index (χ1n) is 5.22. The molecule has 16 heavy (non-hydrogen) atoms. The number of Topliss-reactive ketones (excluding diaryl/α,β-unsaturated/α-hetero) is 1. The van der Waals surface area contributed by atoms with Gasteiger partial charge in [-0.25, -0.2) is 0 Å². The van der Waals surface area contributed by atoms with Crippen molar-refractivity contribution < 1.29 is 22.7 Å². The van der Waals surface area contributed by atoms with Gasteiger partial charge in [0.2, 0.25) is 0 Å². The minimum Gasteiger partial charge on any atom is -0.381 e. The van der Waals surface area contributed by atoms with E-state index in [2.05, 4.69) is 0 Å². The van der Waals surface area contributed by atoms with E-state index in [0.29, 0.717) is 26.1 Å². The molecule has 0 radical (unpaired) electrons. The highest BCUT2D eigenvalue weighted by atomic mass is 19.4. The number of halogens is 3. The summed E-state index contributed by atoms with van der Waals surface area (Å²) < 4.78 is 42.5. The molecule has 0 amide bonds. The summed E-state index contributed by atoms with van der Waals surface area (Å²) in [7, 11) is 0. The highest BCUT2D eigenvalue weighted by molar-refractivity contribution is 5.88. The van der Waals surface area contributed by atoms with Gasteiger partial charge in [0, 0.05) is 19.6 Å². The molecule has 0 aromatic heterocycles. The van der Waals surface area contributed by atoms with E-state index < -0.39 is 17.5 Å². The van der Waals surface area contributed by atoms with Crippen LogP contribution in [0.25, 0.3) is 0 Å². The number of ketones is 1. The number of nitrogens with two attached hydrogens (primary N) is 1. The molecule has 0 spiro atoms. The van der Waals surface area contributed by atoms with Crippen molar-refractivity contribution in [1.82, 2.24) is 0 Å². The average Bonchev–Trinajstić information content (AvgIpc) is 2.17. The van der Waals surface area contributed by atoms with Crippen LogP contribution in [0.4, 0.5) is 13.2 Å². The third-order valence-corrected chi connectivity index (χ3v) is 2.98. The summed E-state index contributed by atoms with van der Waals surface area (Å²) in [4.78, 5) is 11.5. The van der Waals surface area contributed by atoms with Crippen LogP contribution in [0.5, 0.6) is 0 Å². The standard InChI is InChI=1S/C10H16F3NO2/c1-9(14,10(11,12)13)8(15)6-7-2-4-16-5-3-7/h7H,2-6,14H2,1H3. The molecule has 0 aromatic rings. The average molecular weight is 239 g/mol. The zero-order valence-electron chi connectivity index (χ0n) is 9.14. The summed E-state index contributed by atoms with van der Waals surface area (Å²) in [6.45, 7) is 1.74. The maximum Gasteiger partial charge on any atom is 0.413 e. The molecule has 0 bridgehead atoms. The third-order valence-electron chi connectivity index (χ3n) is 2.98. The van der Waals surface area contributed by atoms with Crippen LogP contribution < -0.4 is 5.73 Å². The fourth-order valence-electron chi connectivity index (χ4n) is 1.58. The zero-order chi connectivity index (χ0) is 12.4. The maximum atomic E-state index is 12.5. The molecule has 1 saturated heterocycles. The second kappa shape index (κ2) is 4.71. The summed E-state index contributed by atoms with van der Waals surface area (Å²) in [6.07, 6.45) is -3.55. The number of carbonyl (C=O) groups excluding carboxylic acids is 1. The molecule has 94 valence electrons. The topological polar surface area (TPSA) is 52.3 Å². The fourth-order valence-corrected chi connectivity index (χ4v) is 1.58. The Morgan fingerprint density at radius 3 is 2.31 bits per heavy atom. The number of carbonyl (C=O) groups is 1. The molecule has 1 heterocycles. The molecule has 2 N–H and O–H groups in total. The van der Waals surface area contributed by atoms with Crippen molar-refractivity contribution in [3.63, 3.8) is 0 Å². The molecule has 0 aromatic carbocycles. The van der Waals surface area contributed by atoms with Gasteiger partial charge >= 0.3 is 6.18 Å². The van der Waals surface area contributed by atoms with Gasteiger partial charge < -0.3 is 10.5 Å². The quantitative estimate of drug-likeness (QED) is 0.814. The predicted octanol–water partition coefficient (Wildman–Crippen LogP) is 1.65. The Balaban J connectivity index is 2.57. The Hall–Kier alpha value is -0.620. The summed E-state index contributed by atoms with van der Waals surface area (Å²) in [5.41, 5.74) is 2.32. The maximum absolute atomic E-state index is 12.5. The van der Waals surface area contributed by atoms with Gasteiger partial charge in [0.15, 0.2) is 11.3 Å². The van der Waals surface area contributed by atoms with E-state index in [-0.39, 0.29) is 12.3 Å². The Kier molecular flexibility index (Phi) is 3.96. The van der Waals surface area contributed by atoms with Gasteiger partial charge in [0.05, 0.1) is 0 Å². The van der Waals surface area contributed by atoms with Crippen LogP contribution in [-0.4, -0.2) is 30.7 Å². The minimum absolute atomic E-state index is 0.0357. The Labute approximate surface area is 92.1 Å². The molecule has 6 heteroatoms. The number of alkyl halides is 3. The van der Waals surface area contributed by atoms with E-state index in [4.69, 9.17) is 10.5 Å². The first-order chi connectivity index (χ1) is 7.25. The van der Waals surface area contributed by atoms with E-state index in [1.165, 1.54) is 0 Å². The van der Waals surface area contributed by atoms with Crippen LogP contribution in [0.3, 0.4) is 0 Å². The number of hydrogen-bond acceptors (Lipinski definition) is 3. The van der Waals surface area contributed by atoms with E-state index in [1.54, 1.807) is 0 Å². The monoisotopic (exact) mass is 239 g/mol. The van der Waals surface area contributed by atoms with E-state index in [9.17, 15) is 18.0 Å². The van der Waals surface area contributed by atoms with Crippen molar-refractivity contribution in [1.29, 1.82) is 0 Å². The lowest BCUT2D eigenvalue weighted by atomic mass is 9.86. The first kappa shape index (κ1) is 13.4. The molecule has 1 aliphatic heterocycles. The summed E-state index contributed by atoms with van der Waals surface area (Å²) in [6, 6.07) is 0. The van der Waals surface area contributed by atoms with E-state index >= 15 is 0 Å². The van der Waals surface area contributed by atoms with Gasteiger partial charge in [-0.15, -0.1) is 0 Å². The number of ether oxygens (including phenoxy) is 1. The highest BCUT2D eigenvalue weighted by Crippen LogP contribution is 2.31. The van der Waals surface area contributed by atoms with Crippen LogP contribution in [0.15, 0.2) is 0 Å². The van der Waals surface area contributed by atoms with Crippen molar-refractivity contribution in [3.8, 4) is 0 Å². The molecular weight excluding hydrogens is 223 g/mol. The smallest absolute Gasteiger partial charge is 0.381 e. The van der Waals surface area contributed by atoms with Crippen LogP contribution in [0, 0.1) is 5.92 Å². The van der Waals surface area contributed by atoms with Crippen molar-refractivity contribution in [2.24, 2.45) is 11.7 Å². The summed E-state index contributed by atoms with van der Waals surface area (Å²) in [5.74, 6) is -0.974.